The second-order valence-corrected chi connectivity index (χ2v) is 9.56. The lowest BCUT2D eigenvalue weighted by molar-refractivity contribution is 0.133. The molecule has 164 valence electrons. The molecule has 5 rings (SSSR count). The Labute approximate surface area is 183 Å². The van der Waals surface area contributed by atoms with Crippen LogP contribution in [0.15, 0.2) is 42.5 Å². The summed E-state index contributed by atoms with van der Waals surface area (Å²) in [5.74, 6) is 3.27. The van der Waals surface area contributed by atoms with E-state index in [0.717, 1.165) is 18.4 Å². The number of anilines is 2. The van der Waals surface area contributed by atoms with Gasteiger partial charge in [-0.3, -0.25) is 10.6 Å². The number of allylic oxidation sites excluding steroid dienone is 4. The average molecular weight is 423 g/mol. The third-order valence-corrected chi connectivity index (χ3v) is 7.41. The Morgan fingerprint density at radius 1 is 0.839 bits per heavy atom. The smallest absolute Gasteiger partial charge is 0.411 e. The highest BCUT2D eigenvalue weighted by Crippen LogP contribution is 2.44. The molecule has 0 heterocycles. The highest BCUT2D eigenvalue weighted by atomic mass is 16.6. The summed E-state index contributed by atoms with van der Waals surface area (Å²) in [6, 6.07) is 5.39. The van der Waals surface area contributed by atoms with Crippen LogP contribution in [-0.2, 0) is 9.47 Å². The number of benzene rings is 1. The molecule has 0 aliphatic heterocycles. The molecule has 6 heteroatoms. The van der Waals surface area contributed by atoms with Crippen LogP contribution in [0.4, 0.5) is 21.0 Å². The zero-order valence-corrected chi connectivity index (χ0v) is 17.9. The predicted molar refractivity (Wildman–Crippen MR) is 119 cm³/mol. The quantitative estimate of drug-likeness (QED) is 0.592. The van der Waals surface area contributed by atoms with Gasteiger partial charge in [0.15, 0.2) is 0 Å². The van der Waals surface area contributed by atoms with Crippen LogP contribution in [0.5, 0.6) is 0 Å². The fourth-order valence-electron chi connectivity index (χ4n) is 5.67. The first-order chi connectivity index (χ1) is 15.0. The normalized spacial score (nSPS) is 31.8. The van der Waals surface area contributed by atoms with Gasteiger partial charge in [-0.25, -0.2) is 9.59 Å². The Hall–Kier alpha value is -2.76. The van der Waals surface area contributed by atoms with E-state index in [1.807, 2.05) is 13.0 Å². The molecule has 4 aliphatic carbocycles. The summed E-state index contributed by atoms with van der Waals surface area (Å²) in [4.78, 5) is 24.5. The van der Waals surface area contributed by atoms with E-state index in [4.69, 9.17) is 9.47 Å². The molecule has 6 nitrogen and oxygen atoms in total. The number of hydrogen-bond acceptors (Lipinski definition) is 4. The van der Waals surface area contributed by atoms with Crippen molar-refractivity contribution in [3.8, 4) is 0 Å². The van der Waals surface area contributed by atoms with Gasteiger partial charge in [-0.1, -0.05) is 30.4 Å². The molecule has 4 aliphatic rings. The van der Waals surface area contributed by atoms with E-state index < -0.39 is 12.2 Å². The van der Waals surface area contributed by atoms with Crippen LogP contribution in [0.25, 0.3) is 0 Å². The molecule has 2 amide bonds. The molecule has 2 saturated carbocycles. The summed E-state index contributed by atoms with van der Waals surface area (Å²) in [7, 11) is 0. The fourth-order valence-corrected chi connectivity index (χ4v) is 5.67. The Morgan fingerprint density at radius 2 is 1.42 bits per heavy atom. The van der Waals surface area contributed by atoms with Crippen molar-refractivity contribution in [2.45, 2.75) is 32.6 Å². The molecule has 6 atom stereocenters. The van der Waals surface area contributed by atoms with Crippen LogP contribution in [0.3, 0.4) is 0 Å². The van der Waals surface area contributed by atoms with E-state index in [1.54, 1.807) is 12.1 Å². The van der Waals surface area contributed by atoms with Gasteiger partial charge in [-0.05, 0) is 74.0 Å². The zero-order valence-electron chi connectivity index (χ0n) is 17.9. The zero-order chi connectivity index (χ0) is 21.4. The monoisotopic (exact) mass is 422 g/mol. The minimum Gasteiger partial charge on any atom is -0.449 e. The Morgan fingerprint density at radius 3 is 1.94 bits per heavy atom. The third-order valence-electron chi connectivity index (χ3n) is 7.41. The molecular formula is C25H30N2O4. The standard InChI is InChI=1S/C25H30N2O4/c1-15-2-7-22(26-24(28)30-13-20-10-16-3-5-18(20)8-16)12-23(15)27-25(29)31-14-21-11-17-4-6-19(21)9-17/h2-7,12,16-21H,8-11,13-14H2,1H3,(H,26,28)(H,27,29)/t16-,17-,18-,19-,20-,21+/m0/s1. The summed E-state index contributed by atoms with van der Waals surface area (Å²) in [5.41, 5.74) is 2.10. The highest BCUT2D eigenvalue weighted by molar-refractivity contribution is 5.89. The predicted octanol–water partition coefficient (Wildman–Crippen LogP) is 5.52. The van der Waals surface area contributed by atoms with E-state index >= 15 is 0 Å². The first-order valence-electron chi connectivity index (χ1n) is 11.4. The fraction of sp³-hybridized carbons (Fsp3) is 0.520. The molecule has 0 aromatic heterocycles. The van der Waals surface area contributed by atoms with Gasteiger partial charge in [0.05, 0.1) is 13.2 Å². The van der Waals surface area contributed by atoms with E-state index in [2.05, 4.69) is 34.9 Å². The Bertz CT molecular complexity index is 924. The molecule has 0 radical (unpaired) electrons. The molecular weight excluding hydrogens is 392 g/mol. The summed E-state index contributed by atoms with van der Waals surface area (Å²) in [5, 5.41) is 5.57. The molecule has 2 N–H and O–H groups in total. The molecule has 31 heavy (non-hydrogen) atoms. The number of rotatable bonds is 6. The van der Waals surface area contributed by atoms with Crippen LogP contribution >= 0.6 is 0 Å². The van der Waals surface area contributed by atoms with Crippen molar-refractivity contribution in [3.05, 3.63) is 48.1 Å². The number of fused-ring (bicyclic) bond motifs is 4. The van der Waals surface area contributed by atoms with Crippen molar-refractivity contribution in [1.29, 1.82) is 0 Å². The molecule has 0 saturated heterocycles. The van der Waals surface area contributed by atoms with Crippen LogP contribution in [0.1, 0.15) is 31.2 Å². The minimum atomic E-state index is -0.464. The number of carbonyl (C=O) groups excluding carboxylic acids is 2. The maximum Gasteiger partial charge on any atom is 0.411 e. The lowest BCUT2D eigenvalue weighted by Gasteiger charge is -2.19. The van der Waals surface area contributed by atoms with E-state index in [-0.39, 0.29) is 0 Å². The first kappa shape index (κ1) is 20.2. The number of amides is 2. The summed E-state index contributed by atoms with van der Waals surface area (Å²) in [6.07, 6.45) is 12.7. The van der Waals surface area contributed by atoms with Gasteiger partial charge >= 0.3 is 12.2 Å². The van der Waals surface area contributed by atoms with E-state index in [9.17, 15) is 9.59 Å². The largest absolute Gasteiger partial charge is 0.449 e. The summed E-state index contributed by atoms with van der Waals surface area (Å²) >= 11 is 0. The molecule has 1 aromatic carbocycles. The van der Waals surface area contributed by atoms with Gasteiger partial charge in [0.2, 0.25) is 0 Å². The van der Waals surface area contributed by atoms with Gasteiger partial charge in [-0.2, -0.15) is 0 Å². The van der Waals surface area contributed by atoms with Crippen LogP contribution < -0.4 is 10.6 Å². The summed E-state index contributed by atoms with van der Waals surface area (Å²) in [6.45, 7) is 2.79. The lowest BCUT2D eigenvalue weighted by atomic mass is 9.95. The van der Waals surface area contributed by atoms with Crippen molar-refractivity contribution in [2.75, 3.05) is 23.8 Å². The SMILES string of the molecule is Cc1ccc(NC(=O)OC[C@@H]2C[C@H]3C=C[C@H]2C3)cc1NC(=O)OC[C@H]1C[C@H]2C=C[C@H]1C2. The molecule has 0 spiro atoms. The number of nitrogens with one attached hydrogen (secondary N) is 2. The van der Waals surface area contributed by atoms with Crippen LogP contribution in [0, 0.1) is 42.4 Å². The number of aryl methyl sites for hydroxylation is 1. The summed E-state index contributed by atoms with van der Waals surface area (Å²) < 4.78 is 10.9. The van der Waals surface area contributed by atoms with Crippen LogP contribution in [0.2, 0.25) is 0 Å². The Balaban J connectivity index is 1.10. The highest BCUT2D eigenvalue weighted by Gasteiger charge is 2.37. The molecule has 0 unspecified atom stereocenters. The van der Waals surface area contributed by atoms with Crippen molar-refractivity contribution in [3.63, 3.8) is 0 Å². The molecule has 4 bridgehead atoms. The number of ether oxygens (including phenoxy) is 2. The van der Waals surface area contributed by atoms with Gasteiger partial charge < -0.3 is 9.47 Å². The van der Waals surface area contributed by atoms with Gasteiger partial charge in [0.1, 0.15) is 0 Å². The maximum atomic E-state index is 12.3. The van der Waals surface area contributed by atoms with Crippen molar-refractivity contribution >= 4 is 23.6 Å². The van der Waals surface area contributed by atoms with E-state index in [1.165, 1.54) is 12.8 Å². The van der Waals surface area contributed by atoms with Gasteiger partial charge in [0.25, 0.3) is 0 Å². The second kappa shape index (κ2) is 8.40. The van der Waals surface area contributed by atoms with Crippen molar-refractivity contribution in [1.82, 2.24) is 0 Å². The van der Waals surface area contributed by atoms with Gasteiger partial charge in [-0.15, -0.1) is 0 Å². The molecule has 1 aromatic rings. The topological polar surface area (TPSA) is 76.7 Å². The average Bonchev–Trinajstić information content (AvgIpc) is 3.55. The number of hydrogen-bond donors (Lipinski definition) is 2. The number of carbonyl (C=O) groups is 2. The Kier molecular flexibility index (Phi) is 5.47. The van der Waals surface area contributed by atoms with Crippen LogP contribution in [-0.4, -0.2) is 25.4 Å². The first-order valence-corrected chi connectivity index (χ1v) is 11.4. The van der Waals surface area contributed by atoms with E-state index in [0.29, 0.717) is 60.1 Å². The maximum absolute atomic E-state index is 12.3. The third kappa shape index (κ3) is 4.48. The van der Waals surface area contributed by atoms with Crippen molar-refractivity contribution in [2.24, 2.45) is 35.5 Å². The molecule has 2 fully saturated rings. The second-order valence-electron chi connectivity index (χ2n) is 9.56. The lowest BCUT2D eigenvalue weighted by Crippen LogP contribution is -2.22. The minimum absolute atomic E-state index is 0.426. The van der Waals surface area contributed by atoms with Gasteiger partial charge in [0, 0.05) is 23.2 Å². The van der Waals surface area contributed by atoms with Crippen molar-refractivity contribution < 1.29 is 19.1 Å².